The van der Waals surface area contributed by atoms with Gasteiger partial charge in [-0.1, -0.05) is 15.9 Å². The number of fused-ring (bicyclic) bond motifs is 2. The topological polar surface area (TPSA) is 54.7 Å². The highest BCUT2D eigenvalue weighted by Gasteiger charge is 2.17. The molecule has 0 atom stereocenters. The highest BCUT2D eigenvalue weighted by Crippen LogP contribution is 2.37. The van der Waals surface area contributed by atoms with Crippen LogP contribution in [-0.4, -0.2) is 15.7 Å². The number of imidazole rings is 1. The summed E-state index contributed by atoms with van der Waals surface area (Å²) >= 11 is 7.33. The minimum Gasteiger partial charge on any atom is -0.397 e. The van der Waals surface area contributed by atoms with Gasteiger partial charge in [0.1, 0.15) is 11.3 Å². The number of aromatic nitrogens is 2. The third kappa shape index (κ3) is 2.06. The molecule has 0 spiro atoms. The van der Waals surface area contributed by atoms with E-state index < -0.39 is 0 Å². The summed E-state index contributed by atoms with van der Waals surface area (Å²) in [5.74, 6) is 3.28. The van der Waals surface area contributed by atoms with Crippen LogP contribution in [0.25, 0.3) is 21.7 Å². The number of thiophene rings is 1. The summed E-state index contributed by atoms with van der Waals surface area (Å²) in [4.78, 5) is 10.8. The van der Waals surface area contributed by atoms with Crippen molar-refractivity contribution in [3.63, 3.8) is 0 Å². The van der Waals surface area contributed by atoms with Crippen molar-refractivity contribution in [1.82, 2.24) is 9.97 Å². The number of nitrogens with one attached hydrogen (secondary N) is 1. The molecule has 1 aliphatic rings. The maximum Gasteiger partial charge on any atom is 0.148 e. The molecule has 1 aromatic carbocycles. The van der Waals surface area contributed by atoms with Gasteiger partial charge in [0.25, 0.3) is 0 Å². The van der Waals surface area contributed by atoms with Crippen molar-refractivity contribution < 1.29 is 0 Å². The van der Waals surface area contributed by atoms with E-state index in [4.69, 9.17) is 5.73 Å². The zero-order valence-corrected chi connectivity index (χ0v) is 13.8. The van der Waals surface area contributed by atoms with E-state index in [1.807, 2.05) is 35.2 Å². The monoisotopic (exact) mass is 365 g/mol. The largest absolute Gasteiger partial charge is 0.397 e. The maximum atomic E-state index is 6.03. The SMILES string of the molecule is Nc1cc(Br)cc2[nH]c(-c3cc4c(s3)CCSC4)nc12. The second kappa shape index (κ2) is 4.79. The van der Waals surface area contributed by atoms with Gasteiger partial charge in [0.05, 0.1) is 16.1 Å². The van der Waals surface area contributed by atoms with Crippen LogP contribution in [-0.2, 0) is 12.2 Å². The summed E-state index contributed by atoms with van der Waals surface area (Å²) in [6.45, 7) is 0. The van der Waals surface area contributed by atoms with Crippen molar-refractivity contribution in [3.8, 4) is 10.7 Å². The first-order valence-electron chi connectivity index (χ1n) is 6.35. The van der Waals surface area contributed by atoms with Gasteiger partial charge in [0.15, 0.2) is 0 Å². The fraction of sp³-hybridized carbons (Fsp3) is 0.214. The fourth-order valence-electron chi connectivity index (χ4n) is 2.49. The smallest absolute Gasteiger partial charge is 0.148 e. The molecule has 0 radical (unpaired) electrons. The highest BCUT2D eigenvalue weighted by atomic mass is 79.9. The molecular formula is C14H12BrN3S2. The second-order valence-corrected chi connectivity index (χ2v) is 8.00. The minimum atomic E-state index is 0.703. The Labute approximate surface area is 133 Å². The predicted molar refractivity (Wildman–Crippen MR) is 91.4 cm³/mol. The number of rotatable bonds is 1. The molecule has 3 aromatic rings. The van der Waals surface area contributed by atoms with E-state index in [1.165, 1.54) is 27.5 Å². The van der Waals surface area contributed by atoms with Crippen LogP contribution in [0.4, 0.5) is 5.69 Å². The second-order valence-electron chi connectivity index (χ2n) is 4.84. The lowest BCUT2D eigenvalue weighted by Gasteiger charge is -2.08. The van der Waals surface area contributed by atoms with E-state index in [2.05, 4.69) is 32.0 Å². The van der Waals surface area contributed by atoms with Crippen molar-refractivity contribution in [2.75, 3.05) is 11.5 Å². The number of aromatic amines is 1. The number of nitrogen functional groups attached to an aromatic ring is 1. The highest BCUT2D eigenvalue weighted by molar-refractivity contribution is 9.10. The number of hydrogen-bond acceptors (Lipinski definition) is 4. The number of anilines is 1. The van der Waals surface area contributed by atoms with Gasteiger partial charge in [-0.05, 0) is 35.9 Å². The molecular weight excluding hydrogens is 354 g/mol. The Hall–Kier alpha value is -0.980. The maximum absolute atomic E-state index is 6.03. The molecule has 0 saturated carbocycles. The molecule has 1 aliphatic heterocycles. The fourth-order valence-corrected chi connectivity index (χ4v) is 5.28. The summed E-state index contributed by atoms with van der Waals surface area (Å²) in [6, 6.07) is 6.18. The Kier molecular flexibility index (Phi) is 3.05. The lowest BCUT2D eigenvalue weighted by atomic mass is 10.2. The van der Waals surface area contributed by atoms with Gasteiger partial charge < -0.3 is 10.7 Å². The number of halogens is 1. The summed E-state index contributed by atoms with van der Waals surface area (Å²) in [5, 5.41) is 0. The number of nitrogens with two attached hydrogens (primary N) is 1. The first-order valence-corrected chi connectivity index (χ1v) is 9.11. The Morgan fingerprint density at radius 2 is 2.20 bits per heavy atom. The standard InChI is InChI=1S/C14H12BrN3S2/c15-8-4-9(16)13-10(5-8)17-14(18-13)12-3-7-6-19-2-1-11(7)20-12/h3-5H,1-2,6,16H2,(H,17,18). The van der Waals surface area contributed by atoms with Gasteiger partial charge in [0, 0.05) is 15.1 Å². The van der Waals surface area contributed by atoms with Crippen LogP contribution in [0, 0.1) is 0 Å². The van der Waals surface area contributed by atoms with E-state index >= 15 is 0 Å². The summed E-state index contributed by atoms with van der Waals surface area (Å²) in [5.41, 5.74) is 10.0. The van der Waals surface area contributed by atoms with E-state index in [-0.39, 0.29) is 0 Å². The molecule has 0 aliphatic carbocycles. The van der Waals surface area contributed by atoms with E-state index in [0.717, 1.165) is 27.1 Å². The minimum absolute atomic E-state index is 0.703. The Balaban J connectivity index is 1.85. The third-order valence-electron chi connectivity index (χ3n) is 3.44. The van der Waals surface area contributed by atoms with Crippen molar-refractivity contribution >= 4 is 55.7 Å². The van der Waals surface area contributed by atoms with Gasteiger partial charge in [0.2, 0.25) is 0 Å². The summed E-state index contributed by atoms with van der Waals surface area (Å²) in [6.07, 6.45) is 1.18. The van der Waals surface area contributed by atoms with Gasteiger partial charge in [-0.3, -0.25) is 0 Å². The Morgan fingerprint density at radius 1 is 1.30 bits per heavy atom. The number of hydrogen-bond donors (Lipinski definition) is 2. The van der Waals surface area contributed by atoms with Crippen LogP contribution in [0.5, 0.6) is 0 Å². The van der Waals surface area contributed by atoms with E-state index in [0.29, 0.717) is 5.69 Å². The molecule has 3 N–H and O–H groups in total. The van der Waals surface area contributed by atoms with Crippen LogP contribution in [0.1, 0.15) is 10.4 Å². The zero-order valence-electron chi connectivity index (χ0n) is 10.6. The Bertz CT molecular complexity index is 783. The number of nitrogens with zero attached hydrogens (tertiary/aromatic N) is 1. The number of benzene rings is 1. The van der Waals surface area contributed by atoms with E-state index in [9.17, 15) is 0 Å². The average molecular weight is 366 g/mol. The molecule has 0 fully saturated rings. The lowest BCUT2D eigenvalue weighted by Crippen LogP contribution is -1.96. The van der Waals surface area contributed by atoms with Crippen LogP contribution >= 0.6 is 39.0 Å². The molecule has 0 amide bonds. The first kappa shape index (κ1) is 12.7. The molecule has 3 heterocycles. The van der Waals surface area contributed by atoms with Gasteiger partial charge >= 0.3 is 0 Å². The molecule has 0 saturated heterocycles. The summed E-state index contributed by atoms with van der Waals surface area (Å²) in [7, 11) is 0. The molecule has 102 valence electrons. The summed E-state index contributed by atoms with van der Waals surface area (Å²) < 4.78 is 0.972. The van der Waals surface area contributed by atoms with Crippen LogP contribution in [0.2, 0.25) is 0 Å². The molecule has 4 rings (SSSR count). The average Bonchev–Trinajstić information content (AvgIpc) is 3.01. The van der Waals surface area contributed by atoms with Crippen LogP contribution < -0.4 is 5.73 Å². The van der Waals surface area contributed by atoms with Crippen molar-refractivity contribution in [3.05, 3.63) is 33.1 Å². The normalized spacial score (nSPS) is 14.7. The molecule has 20 heavy (non-hydrogen) atoms. The van der Waals surface area contributed by atoms with Gasteiger partial charge in [-0.2, -0.15) is 11.8 Å². The van der Waals surface area contributed by atoms with Gasteiger partial charge in [-0.15, -0.1) is 11.3 Å². The number of H-pyrrole nitrogens is 1. The van der Waals surface area contributed by atoms with Crippen molar-refractivity contribution in [2.24, 2.45) is 0 Å². The number of thioether (sulfide) groups is 1. The quantitative estimate of drug-likeness (QED) is 0.627. The first-order chi connectivity index (χ1) is 9.70. The number of aryl methyl sites for hydroxylation is 1. The molecule has 0 bridgehead atoms. The molecule has 3 nitrogen and oxygen atoms in total. The molecule has 6 heteroatoms. The van der Waals surface area contributed by atoms with Gasteiger partial charge in [-0.25, -0.2) is 4.98 Å². The van der Waals surface area contributed by atoms with Crippen molar-refractivity contribution in [1.29, 1.82) is 0 Å². The van der Waals surface area contributed by atoms with Crippen molar-refractivity contribution in [2.45, 2.75) is 12.2 Å². The van der Waals surface area contributed by atoms with E-state index in [1.54, 1.807) is 0 Å². The molecule has 0 unspecified atom stereocenters. The van der Waals surface area contributed by atoms with Crippen LogP contribution in [0.3, 0.4) is 0 Å². The zero-order chi connectivity index (χ0) is 13.7. The third-order valence-corrected chi connectivity index (χ3v) is 6.15. The molecule has 2 aromatic heterocycles. The Morgan fingerprint density at radius 3 is 3.05 bits per heavy atom. The lowest BCUT2D eigenvalue weighted by molar-refractivity contribution is 1.13. The predicted octanol–water partition coefficient (Wildman–Crippen LogP) is 4.43. The van der Waals surface area contributed by atoms with Crippen LogP contribution in [0.15, 0.2) is 22.7 Å².